The molecule has 0 unspecified atom stereocenters. The summed E-state index contributed by atoms with van der Waals surface area (Å²) < 4.78 is 50.4. The Balaban J connectivity index is 2.99. The maximum Gasteiger partial charge on any atom is 0.414 e. The van der Waals surface area contributed by atoms with Crippen LogP contribution in [0.2, 0.25) is 0 Å². The lowest BCUT2D eigenvalue weighted by atomic mass is 9.86. The fourth-order valence-corrected chi connectivity index (χ4v) is 1.71. The van der Waals surface area contributed by atoms with E-state index in [9.17, 15) is 17.6 Å². The predicted octanol–water partition coefficient (Wildman–Crippen LogP) is 2.62. The summed E-state index contributed by atoms with van der Waals surface area (Å²) in [4.78, 5) is 0. The minimum atomic E-state index is -4.76. The van der Waals surface area contributed by atoms with Crippen LogP contribution in [0.3, 0.4) is 0 Å². The average molecular weight is 265 g/mol. The summed E-state index contributed by atoms with van der Waals surface area (Å²) >= 11 is 0. The van der Waals surface area contributed by atoms with Crippen LogP contribution < -0.4 is 5.73 Å². The molecular weight excluding hydrogens is 250 g/mol. The summed E-state index contributed by atoms with van der Waals surface area (Å²) in [6.45, 7) is 2.92. The third kappa shape index (κ3) is 3.43. The Labute approximate surface area is 102 Å². The molecule has 2 atom stereocenters. The molecule has 6 heteroatoms. The minimum Gasteiger partial charge on any atom is -0.384 e. The van der Waals surface area contributed by atoms with Crippen LogP contribution >= 0.6 is 0 Å². The van der Waals surface area contributed by atoms with Gasteiger partial charge in [-0.2, -0.15) is 13.2 Å². The third-order valence-corrected chi connectivity index (χ3v) is 2.74. The highest BCUT2D eigenvalue weighted by atomic mass is 19.4. The normalized spacial score (nSPS) is 17.3. The second-order valence-corrected chi connectivity index (χ2v) is 4.66. The summed E-state index contributed by atoms with van der Waals surface area (Å²) in [5, 5.41) is 9.00. The van der Waals surface area contributed by atoms with Gasteiger partial charge in [0.05, 0.1) is 0 Å². The zero-order valence-electron chi connectivity index (χ0n) is 10.1. The zero-order chi connectivity index (χ0) is 14.1. The smallest absolute Gasteiger partial charge is 0.384 e. The van der Waals surface area contributed by atoms with Gasteiger partial charge in [-0.05, 0) is 25.5 Å². The Morgan fingerprint density at radius 3 is 2.33 bits per heavy atom. The third-order valence-electron chi connectivity index (χ3n) is 2.74. The largest absolute Gasteiger partial charge is 0.414 e. The molecule has 18 heavy (non-hydrogen) atoms. The van der Waals surface area contributed by atoms with Crippen molar-refractivity contribution in [2.75, 3.05) is 0 Å². The molecule has 0 spiro atoms. The summed E-state index contributed by atoms with van der Waals surface area (Å²) in [5.41, 5.74) is 4.69. The van der Waals surface area contributed by atoms with Gasteiger partial charge in [-0.1, -0.05) is 12.1 Å². The molecule has 0 heterocycles. The van der Waals surface area contributed by atoms with Crippen molar-refractivity contribution in [2.24, 2.45) is 5.73 Å². The molecule has 1 aromatic rings. The van der Waals surface area contributed by atoms with Gasteiger partial charge in [-0.15, -0.1) is 0 Å². The standard InChI is InChI=1S/C12H15F4NO/c1-7-3-4-8(9(13)5-7)11(2,17)6-10(18)12(14,15)16/h3-5,10,18H,6,17H2,1-2H3/t10-,11-/m0/s1. The molecule has 2 nitrogen and oxygen atoms in total. The molecule has 0 amide bonds. The molecule has 1 rings (SSSR count). The van der Waals surface area contributed by atoms with Crippen molar-refractivity contribution in [2.45, 2.75) is 38.1 Å². The van der Waals surface area contributed by atoms with Gasteiger partial charge in [0.1, 0.15) is 5.82 Å². The van der Waals surface area contributed by atoms with Crippen molar-refractivity contribution in [3.05, 3.63) is 35.1 Å². The van der Waals surface area contributed by atoms with Crippen molar-refractivity contribution in [1.29, 1.82) is 0 Å². The number of rotatable bonds is 3. The molecule has 0 aliphatic heterocycles. The molecule has 1 aromatic carbocycles. The highest BCUT2D eigenvalue weighted by Crippen LogP contribution is 2.32. The van der Waals surface area contributed by atoms with E-state index in [1.807, 2.05) is 0 Å². The summed E-state index contributed by atoms with van der Waals surface area (Å²) in [7, 11) is 0. The Bertz CT molecular complexity index is 429. The van der Waals surface area contributed by atoms with Crippen molar-refractivity contribution in [3.8, 4) is 0 Å². The number of aliphatic hydroxyl groups excluding tert-OH is 1. The van der Waals surface area contributed by atoms with Gasteiger partial charge < -0.3 is 10.8 Å². The Kier molecular flexibility index (Phi) is 4.02. The van der Waals surface area contributed by atoms with Gasteiger partial charge in [-0.25, -0.2) is 4.39 Å². The minimum absolute atomic E-state index is 0.0450. The second kappa shape index (κ2) is 4.85. The van der Waals surface area contributed by atoms with Crippen molar-refractivity contribution < 1.29 is 22.7 Å². The maximum atomic E-state index is 13.7. The summed E-state index contributed by atoms with van der Waals surface area (Å²) in [5.74, 6) is -0.672. The predicted molar refractivity (Wildman–Crippen MR) is 59.4 cm³/mol. The van der Waals surface area contributed by atoms with E-state index in [0.29, 0.717) is 5.56 Å². The summed E-state index contributed by atoms with van der Waals surface area (Å²) in [6.07, 6.45) is -8.13. The number of aliphatic hydroxyl groups is 1. The van der Waals surface area contributed by atoms with Crippen LogP contribution in [0.4, 0.5) is 17.6 Å². The van der Waals surface area contributed by atoms with E-state index in [1.54, 1.807) is 13.0 Å². The second-order valence-electron chi connectivity index (χ2n) is 4.66. The molecule has 0 saturated carbocycles. The van der Waals surface area contributed by atoms with E-state index < -0.39 is 30.1 Å². The lowest BCUT2D eigenvalue weighted by Crippen LogP contribution is -2.42. The first kappa shape index (κ1) is 14.9. The van der Waals surface area contributed by atoms with Crippen LogP contribution in [-0.2, 0) is 5.54 Å². The van der Waals surface area contributed by atoms with Crippen LogP contribution in [0.1, 0.15) is 24.5 Å². The van der Waals surface area contributed by atoms with E-state index in [4.69, 9.17) is 10.8 Å². The number of nitrogens with two attached hydrogens (primary N) is 1. The number of hydrogen-bond acceptors (Lipinski definition) is 2. The van der Waals surface area contributed by atoms with Gasteiger partial charge in [-0.3, -0.25) is 0 Å². The number of halogens is 4. The molecule has 0 bridgehead atoms. The number of aryl methyl sites for hydroxylation is 1. The number of alkyl halides is 3. The van der Waals surface area contributed by atoms with Crippen LogP contribution in [0.25, 0.3) is 0 Å². The molecule has 0 saturated heterocycles. The number of benzene rings is 1. The van der Waals surface area contributed by atoms with Crippen LogP contribution in [0.5, 0.6) is 0 Å². The first-order valence-corrected chi connectivity index (χ1v) is 5.34. The molecular formula is C12H15F4NO. The maximum absolute atomic E-state index is 13.7. The average Bonchev–Trinajstić information content (AvgIpc) is 2.14. The SMILES string of the molecule is Cc1ccc([C@@](C)(N)C[C@H](O)C(F)(F)F)c(F)c1. The topological polar surface area (TPSA) is 46.2 Å². The van der Waals surface area contributed by atoms with E-state index >= 15 is 0 Å². The lowest BCUT2D eigenvalue weighted by molar-refractivity contribution is -0.209. The monoisotopic (exact) mass is 265 g/mol. The van der Waals surface area contributed by atoms with Gasteiger partial charge in [0.25, 0.3) is 0 Å². The van der Waals surface area contributed by atoms with Crippen LogP contribution in [-0.4, -0.2) is 17.4 Å². The first-order valence-electron chi connectivity index (χ1n) is 5.34. The molecule has 3 N–H and O–H groups in total. The molecule has 0 fully saturated rings. The van der Waals surface area contributed by atoms with Gasteiger partial charge in [0.15, 0.2) is 6.10 Å². The summed E-state index contributed by atoms with van der Waals surface area (Å²) in [6, 6.07) is 4.09. The highest BCUT2D eigenvalue weighted by molar-refractivity contribution is 5.29. The number of hydrogen-bond donors (Lipinski definition) is 2. The Morgan fingerprint density at radius 1 is 1.33 bits per heavy atom. The van der Waals surface area contributed by atoms with Crippen LogP contribution in [0.15, 0.2) is 18.2 Å². The van der Waals surface area contributed by atoms with Crippen molar-refractivity contribution in [1.82, 2.24) is 0 Å². The first-order chi connectivity index (χ1) is 8.04. The molecule has 102 valence electrons. The molecule has 0 aliphatic carbocycles. The fourth-order valence-electron chi connectivity index (χ4n) is 1.71. The Hall–Kier alpha value is -1.14. The molecule has 0 radical (unpaired) electrons. The van der Waals surface area contributed by atoms with E-state index in [0.717, 1.165) is 0 Å². The van der Waals surface area contributed by atoms with E-state index in [1.165, 1.54) is 19.1 Å². The lowest BCUT2D eigenvalue weighted by Gasteiger charge is -2.29. The zero-order valence-corrected chi connectivity index (χ0v) is 10.1. The van der Waals surface area contributed by atoms with E-state index in [-0.39, 0.29) is 5.56 Å². The van der Waals surface area contributed by atoms with E-state index in [2.05, 4.69) is 0 Å². The molecule has 0 aromatic heterocycles. The highest BCUT2D eigenvalue weighted by Gasteiger charge is 2.42. The van der Waals surface area contributed by atoms with Gasteiger partial charge in [0, 0.05) is 17.5 Å². The fraction of sp³-hybridized carbons (Fsp3) is 0.500. The van der Waals surface area contributed by atoms with Gasteiger partial charge in [0.2, 0.25) is 0 Å². The molecule has 0 aliphatic rings. The van der Waals surface area contributed by atoms with Gasteiger partial charge >= 0.3 is 6.18 Å². The van der Waals surface area contributed by atoms with Crippen LogP contribution in [0, 0.1) is 12.7 Å². The van der Waals surface area contributed by atoms with Crippen molar-refractivity contribution >= 4 is 0 Å². The quantitative estimate of drug-likeness (QED) is 0.825. The van der Waals surface area contributed by atoms with Crippen molar-refractivity contribution in [3.63, 3.8) is 0 Å². The Morgan fingerprint density at radius 2 is 1.89 bits per heavy atom.